The Balaban J connectivity index is 1.92. The molecule has 134 valence electrons. The number of benzene rings is 2. The maximum atomic E-state index is 14.0. The normalized spacial score (nSPS) is 10.7. The molecule has 0 atom stereocenters. The van der Waals surface area contributed by atoms with Crippen molar-refractivity contribution in [3.63, 3.8) is 0 Å². The number of aromatic nitrogens is 2. The molecule has 1 heterocycles. The molecule has 1 aromatic heterocycles. The number of hydrogen-bond acceptors (Lipinski definition) is 5. The lowest BCUT2D eigenvalue weighted by molar-refractivity contribution is 0.0972. The Morgan fingerprint density at radius 1 is 1.15 bits per heavy atom. The van der Waals surface area contributed by atoms with Crippen LogP contribution < -0.4 is 4.90 Å². The molecule has 3 rings (SSSR count). The second-order valence-electron chi connectivity index (χ2n) is 5.69. The maximum Gasteiger partial charge on any atom is 0.263 e. The molecule has 5 nitrogen and oxygen atoms in total. The van der Waals surface area contributed by atoms with Crippen LogP contribution >= 0.6 is 11.3 Å². The van der Waals surface area contributed by atoms with E-state index in [1.165, 1.54) is 28.4 Å². The van der Waals surface area contributed by atoms with Crippen LogP contribution in [0.5, 0.6) is 0 Å². The van der Waals surface area contributed by atoms with E-state index in [1.54, 1.807) is 19.2 Å². The zero-order valence-corrected chi connectivity index (χ0v) is 15.3. The largest absolute Gasteiger partial charge is 0.383 e. The molecule has 0 bridgehead atoms. The maximum absolute atomic E-state index is 14.0. The fraction of sp³-hybridized carbons (Fsp3) is 0.211. The number of aryl methyl sites for hydroxylation is 1. The molecule has 0 unspecified atom stereocenters. The van der Waals surface area contributed by atoms with E-state index in [1.807, 2.05) is 31.2 Å². The number of methoxy groups -OCH3 is 1. The summed E-state index contributed by atoms with van der Waals surface area (Å²) in [6.45, 7) is 2.57. The Hall–Kier alpha value is -2.64. The zero-order valence-electron chi connectivity index (χ0n) is 14.5. The first-order chi connectivity index (χ1) is 12.6. The quantitative estimate of drug-likeness (QED) is 0.658. The van der Waals surface area contributed by atoms with Gasteiger partial charge in [0.2, 0.25) is 5.13 Å². The summed E-state index contributed by atoms with van der Waals surface area (Å²) in [4.78, 5) is 14.2. The van der Waals surface area contributed by atoms with E-state index in [9.17, 15) is 9.18 Å². The lowest BCUT2D eigenvalue weighted by Crippen LogP contribution is -2.34. The van der Waals surface area contributed by atoms with Gasteiger partial charge in [-0.05, 0) is 19.1 Å². The van der Waals surface area contributed by atoms with Gasteiger partial charge in [-0.3, -0.25) is 9.69 Å². The highest BCUT2D eigenvalue weighted by Crippen LogP contribution is 2.29. The Kier molecular flexibility index (Phi) is 5.70. The molecule has 0 aliphatic heterocycles. The van der Waals surface area contributed by atoms with Crippen LogP contribution in [0.2, 0.25) is 0 Å². The number of nitrogens with zero attached hydrogens (tertiary/aromatic N) is 3. The third kappa shape index (κ3) is 3.95. The van der Waals surface area contributed by atoms with Crippen LogP contribution in [0.25, 0.3) is 10.6 Å². The van der Waals surface area contributed by atoms with Gasteiger partial charge in [0.25, 0.3) is 5.91 Å². The summed E-state index contributed by atoms with van der Waals surface area (Å²) >= 11 is 1.28. The molecular weight excluding hydrogens is 353 g/mol. The van der Waals surface area contributed by atoms with E-state index in [0.29, 0.717) is 16.7 Å². The average molecular weight is 371 g/mol. The van der Waals surface area contributed by atoms with E-state index in [4.69, 9.17) is 4.74 Å². The third-order valence-corrected chi connectivity index (χ3v) is 4.81. The number of amides is 1. The summed E-state index contributed by atoms with van der Waals surface area (Å²) in [5.74, 6) is -1.03. The van der Waals surface area contributed by atoms with Crippen molar-refractivity contribution in [1.82, 2.24) is 10.2 Å². The van der Waals surface area contributed by atoms with E-state index in [-0.39, 0.29) is 12.1 Å². The first-order valence-electron chi connectivity index (χ1n) is 8.06. The summed E-state index contributed by atoms with van der Waals surface area (Å²) in [6.07, 6.45) is 0. The van der Waals surface area contributed by atoms with Crippen molar-refractivity contribution in [3.05, 3.63) is 65.5 Å². The Morgan fingerprint density at radius 3 is 2.58 bits per heavy atom. The van der Waals surface area contributed by atoms with Crippen LogP contribution in [0, 0.1) is 12.7 Å². The fourth-order valence-corrected chi connectivity index (χ4v) is 3.26. The van der Waals surface area contributed by atoms with Gasteiger partial charge in [0.15, 0.2) is 0 Å². The van der Waals surface area contributed by atoms with E-state index < -0.39 is 11.7 Å². The van der Waals surface area contributed by atoms with Crippen molar-refractivity contribution in [2.75, 3.05) is 25.2 Å². The molecule has 0 saturated heterocycles. The number of anilines is 1. The van der Waals surface area contributed by atoms with Gasteiger partial charge in [-0.1, -0.05) is 53.3 Å². The van der Waals surface area contributed by atoms with Gasteiger partial charge in [-0.15, -0.1) is 10.2 Å². The highest BCUT2D eigenvalue weighted by atomic mass is 32.1. The van der Waals surface area contributed by atoms with Crippen molar-refractivity contribution in [2.24, 2.45) is 0 Å². The predicted molar refractivity (Wildman–Crippen MR) is 100 cm³/mol. The first-order valence-corrected chi connectivity index (χ1v) is 8.87. The first kappa shape index (κ1) is 18.2. The minimum Gasteiger partial charge on any atom is -0.383 e. The minimum absolute atomic E-state index is 0.00399. The lowest BCUT2D eigenvalue weighted by Gasteiger charge is -2.19. The second-order valence-corrected chi connectivity index (χ2v) is 6.64. The lowest BCUT2D eigenvalue weighted by atomic mass is 10.2. The summed E-state index contributed by atoms with van der Waals surface area (Å²) in [7, 11) is 1.55. The van der Waals surface area contributed by atoms with Gasteiger partial charge in [0.05, 0.1) is 18.7 Å². The summed E-state index contributed by atoms with van der Waals surface area (Å²) < 4.78 is 19.1. The number of rotatable bonds is 6. The number of halogens is 1. The van der Waals surface area contributed by atoms with Gasteiger partial charge < -0.3 is 4.74 Å². The van der Waals surface area contributed by atoms with Crippen molar-refractivity contribution in [3.8, 4) is 10.6 Å². The minimum atomic E-state index is -0.566. The number of hydrogen-bond donors (Lipinski definition) is 0. The highest BCUT2D eigenvalue weighted by molar-refractivity contribution is 7.18. The van der Waals surface area contributed by atoms with Crippen LogP contribution in [0.15, 0.2) is 48.5 Å². The molecule has 0 N–H and O–H groups in total. The Morgan fingerprint density at radius 2 is 1.88 bits per heavy atom. The second kappa shape index (κ2) is 8.16. The molecule has 3 aromatic rings. The monoisotopic (exact) mass is 371 g/mol. The third-order valence-electron chi connectivity index (χ3n) is 3.81. The molecule has 0 aliphatic rings. The molecule has 26 heavy (non-hydrogen) atoms. The van der Waals surface area contributed by atoms with Gasteiger partial charge in [-0.2, -0.15) is 0 Å². The molecule has 2 aromatic carbocycles. The summed E-state index contributed by atoms with van der Waals surface area (Å²) in [5, 5.41) is 9.43. The van der Waals surface area contributed by atoms with E-state index in [0.717, 1.165) is 11.1 Å². The highest BCUT2D eigenvalue weighted by Gasteiger charge is 2.24. The van der Waals surface area contributed by atoms with Crippen molar-refractivity contribution in [1.29, 1.82) is 0 Å². The van der Waals surface area contributed by atoms with Crippen LogP contribution in [0.3, 0.4) is 0 Å². The molecular formula is C19H18FN3O2S. The molecule has 0 aliphatic carbocycles. The van der Waals surface area contributed by atoms with Crippen molar-refractivity contribution < 1.29 is 13.9 Å². The van der Waals surface area contributed by atoms with Gasteiger partial charge in [0, 0.05) is 12.7 Å². The fourth-order valence-electron chi connectivity index (χ4n) is 2.38. The van der Waals surface area contributed by atoms with Crippen LogP contribution in [-0.2, 0) is 4.74 Å². The van der Waals surface area contributed by atoms with Crippen LogP contribution in [0.4, 0.5) is 9.52 Å². The van der Waals surface area contributed by atoms with Crippen molar-refractivity contribution >= 4 is 22.4 Å². The van der Waals surface area contributed by atoms with Gasteiger partial charge >= 0.3 is 0 Å². The van der Waals surface area contributed by atoms with Crippen LogP contribution in [-0.4, -0.2) is 36.4 Å². The SMILES string of the molecule is COCCN(C(=O)c1ccccc1F)c1nnc(-c2ccc(C)cc2)s1. The standard InChI is InChI=1S/C19H18FN3O2S/c1-13-7-9-14(10-8-13)17-21-22-19(26-17)23(11-12-25-2)18(24)15-5-3-4-6-16(15)20/h3-10H,11-12H2,1-2H3. The molecule has 0 fully saturated rings. The summed E-state index contributed by atoms with van der Waals surface area (Å²) in [6, 6.07) is 13.8. The molecule has 0 spiro atoms. The zero-order chi connectivity index (χ0) is 18.5. The predicted octanol–water partition coefficient (Wildman–Crippen LogP) is 3.95. The number of carbonyl (C=O) groups is 1. The molecule has 7 heteroatoms. The Bertz CT molecular complexity index is 896. The molecule has 0 saturated carbocycles. The van der Waals surface area contributed by atoms with E-state index in [2.05, 4.69) is 10.2 Å². The number of carbonyl (C=O) groups excluding carboxylic acids is 1. The smallest absolute Gasteiger partial charge is 0.263 e. The molecule has 1 amide bonds. The van der Waals surface area contributed by atoms with Crippen molar-refractivity contribution in [2.45, 2.75) is 6.92 Å². The number of ether oxygens (including phenoxy) is 1. The summed E-state index contributed by atoms with van der Waals surface area (Å²) in [5.41, 5.74) is 2.06. The molecule has 0 radical (unpaired) electrons. The van der Waals surface area contributed by atoms with E-state index >= 15 is 0 Å². The van der Waals surface area contributed by atoms with Gasteiger partial charge in [0.1, 0.15) is 10.8 Å². The topological polar surface area (TPSA) is 55.3 Å². The van der Waals surface area contributed by atoms with Gasteiger partial charge in [-0.25, -0.2) is 4.39 Å². The Labute approximate surface area is 155 Å². The average Bonchev–Trinajstić information content (AvgIpc) is 3.12. The van der Waals surface area contributed by atoms with Crippen LogP contribution in [0.1, 0.15) is 15.9 Å².